The monoisotopic (exact) mass is 383 g/mol. The molecule has 0 amide bonds. The second kappa shape index (κ2) is 7.35. The highest BCUT2D eigenvalue weighted by molar-refractivity contribution is 5.72. The van der Waals surface area contributed by atoms with Crippen LogP contribution in [0.25, 0.3) is 16.8 Å². The lowest BCUT2D eigenvalue weighted by atomic mass is 10.1. The van der Waals surface area contributed by atoms with Gasteiger partial charge in [0.15, 0.2) is 5.82 Å². The zero-order valence-electron chi connectivity index (χ0n) is 15.2. The quantitative estimate of drug-likeness (QED) is 0.548. The van der Waals surface area contributed by atoms with Gasteiger partial charge in [0.1, 0.15) is 17.9 Å². The molecule has 4 rings (SSSR count). The lowest BCUT2D eigenvalue weighted by molar-refractivity contribution is 0.283. The summed E-state index contributed by atoms with van der Waals surface area (Å²) >= 11 is 0. The molecule has 0 aliphatic heterocycles. The highest BCUT2D eigenvalue weighted by Crippen LogP contribution is 2.25. The summed E-state index contributed by atoms with van der Waals surface area (Å²) in [5.41, 5.74) is 1.32. The Labute approximate surface area is 158 Å². The van der Waals surface area contributed by atoms with E-state index < -0.39 is 0 Å². The predicted molar refractivity (Wildman–Crippen MR) is 98.2 cm³/mol. The summed E-state index contributed by atoms with van der Waals surface area (Å²) in [7, 11) is 0. The summed E-state index contributed by atoms with van der Waals surface area (Å²) in [5.74, 6) is 0.562. The third kappa shape index (κ3) is 3.20. The number of fused-ring (bicyclic) bond motifs is 1. The number of nitrogens with zero attached hydrogens (tertiary/aromatic N) is 5. The van der Waals surface area contributed by atoms with E-state index in [9.17, 15) is 14.3 Å². The third-order valence-electron chi connectivity index (χ3n) is 4.42. The number of benzene rings is 1. The van der Waals surface area contributed by atoms with Gasteiger partial charge in [-0.05, 0) is 30.7 Å². The first kappa shape index (κ1) is 18.1. The van der Waals surface area contributed by atoms with E-state index in [1.807, 2.05) is 6.92 Å². The van der Waals surface area contributed by atoms with Gasteiger partial charge in [-0.25, -0.2) is 8.91 Å². The minimum absolute atomic E-state index is 0.119. The van der Waals surface area contributed by atoms with Gasteiger partial charge in [0.05, 0.1) is 12.3 Å². The van der Waals surface area contributed by atoms with Crippen LogP contribution in [0.1, 0.15) is 30.6 Å². The second-order valence-corrected chi connectivity index (χ2v) is 6.37. The highest BCUT2D eigenvalue weighted by Gasteiger charge is 2.18. The van der Waals surface area contributed by atoms with Crippen molar-refractivity contribution in [1.29, 1.82) is 0 Å². The lowest BCUT2D eigenvalue weighted by Gasteiger charge is -2.03. The molecule has 1 aromatic carbocycles. The van der Waals surface area contributed by atoms with Gasteiger partial charge in [0, 0.05) is 29.9 Å². The van der Waals surface area contributed by atoms with Gasteiger partial charge in [0.2, 0.25) is 5.89 Å². The van der Waals surface area contributed by atoms with E-state index in [2.05, 4.69) is 15.2 Å². The Morgan fingerprint density at radius 1 is 1.21 bits per heavy atom. The Kier molecular flexibility index (Phi) is 4.74. The second-order valence-electron chi connectivity index (χ2n) is 6.37. The molecule has 0 saturated heterocycles. The molecule has 144 valence electrons. The fourth-order valence-electron chi connectivity index (χ4n) is 3.09. The first-order valence-corrected chi connectivity index (χ1v) is 8.89. The lowest BCUT2D eigenvalue weighted by Crippen LogP contribution is -2.22. The Bertz CT molecular complexity index is 1180. The van der Waals surface area contributed by atoms with Crippen LogP contribution in [0.15, 0.2) is 46.0 Å². The Hall–Kier alpha value is -3.33. The van der Waals surface area contributed by atoms with Crippen molar-refractivity contribution in [3.05, 3.63) is 70.1 Å². The molecule has 3 aromatic heterocycles. The van der Waals surface area contributed by atoms with E-state index in [4.69, 9.17) is 4.52 Å². The van der Waals surface area contributed by atoms with Crippen molar-refractivity contribution in [2.24, 2.45) is 0 Å². The zero-order chi connectivity index (χ0) is 19.7. The van der Waals surface area contributed by atoms with Crippen LogP contribution in [-0.4, -0.2) is 29.4 Å². The van der Waals surface area contributed by atoms with Crippen molar-refractivity contribution >= 4 is 5.52 Å². The molecule has 28 heavy (non-hydrogen) atoms. The third-order valence-corrected chi connectivity index (χ3v) is 4.42. The van der Waals surface area contributed by atoms with Crippen molar-refractivity contribution in [2.75, 3.05) is 0 Å². The maximum absolute atomic E-state index is 13.2. The fourth-order valence-corrected chi connectivity index (χ4v) is 3.09. The maximum atomic E-state index is 13.2. The summed E-state index contributed by atoms with van der Waals surface area (Å²) in [6.45, 7) is 1.76. The van der Waals surface area contributed by atoms with Crippen LogP contribution in [-0.2, 0) is 19.6 Å². The predicted octanol–water partition coefficient (Wildman–Crippen LogP) is 2.18. The Balaban J connectivity index is 1.77. The average molecular weight is 383 g/mol. The van der Waals surface area contributed by atoms with Crippen LogP contribution >= 0.6 is 0 Å². The van der Waals surface area contributed by atoms with Crippen LogP contribution in [0.5, 0.6) is 0 Å². The van der Waals surface area contributed by atoms with Crippen LogP contribution in [0.2, 0.25) is 0 Å². The van der Waals surface area contributed by atoms with E-state index in [1.54, 1.807) is 24.5 Å². The van der Waals surface area contributed by atoms with Gasteiger partial charge in [-0.1, -0.05) is 12.1 Å². The van der Waals surface area contributed by atoms with Crippen LogP contribution < -0.4 is 5.56 Å². The molecule has 4 aromatic rings. The molecule has 1 N–H and O–H groups in total. The molecular weight excluding hydrogens is 365 g/mol. The smallest absolute Gasteiger partial charge is 0.277 e. The van der Waals surface area contributed by atoms with Gasteiger partial charge in [-0.3, -0.25) is 4.79 Å². The van der Waals surface area contributed by atoms with Gasteiger partial charge >= 0.3 is 0 Å². The number of hydrogen-bond acceptors (Lipinski definition) is 6. The number of hydrogen-bond donors (Lipinski definition) is 1. The molecule has 0 spiro atoms. The van der Waals surface area contributed by atoms with Gasteiger partial charge in [0.25, 0.3) is 5.56 Å². The standard InChI is InChI=1S/C19H18FN5O3/c1-2-3-15-21-16(28-23-15)10-24-8-9-25-18(19(24)27)14(11-26)17(22-25)12-4-6-13(20)7-5-12/h4-9,26H,2-3,10-11H2,1H3. The van der Waals surface area contributed by atoms with Crippen molar-refractivity contribution in [3.8, 4) is 11.3 Å². The van der Waals surface area contributed by atoms with E-state index in [0.29, 0.717) is 35.0 Å². The van der Waals surface area contributed by atoms with Gasteiger partial charge < -0.3 is 14.2 Å². The number of halogens is 1. The average Bonchev–Trinajstić information content (AvgIpc) is 3.29. The SMILES string of the molecule is CCCc1noc(Cn2ccn3nc(-c4ccc(F)cc4)c(CO)c3c2=O)n1. The van der Waals surface area contributed by atoms with Crippen LogP contribution in [0.3, 0.4) is 0 Å². The van der Waals surface area contributed by atoms with Crippen molar-refractivity contribution < 1.29 is 14.0 Å². The van der Waals surface area contributed by atoms with Crippen LogP contribution in [0.4, 0.5) is 4.39 Å². The molecule has 9 heteroatoms. The highest BCUT2D eigenvalue weighted by atomic mass is 19.1. The minimum atomic E-state index is -0.378. The number of aliphatic hydroxyl groups is 1. The number of aromatic nitrogens is 5. The van der Waals surface area contributed by atoms with Crippen molar-refractivity contribution in [3.63, 3.8) is 0 Å². The fraction of sp³-hybridized carbons (Fsp3) is 0.263. The molecule has 0 saturated carbocycles. The maximum Gasteiger partial charge on any atom is 0.277 e. The van der Waals surface area contributed by atoms with E-state index in [0.717, 1.165) is 6.42 Å². The Morgan fingerprint density at radius 2 is 2.00 bits per heavy atom. The first-order chi connectivity index (χ1) is 13.6. The van der Waals surface area contributed by atoms with Crippen molar-refractivity contribution in [2.45, 2.75) is 32.9 Å². The molecule has 8 nitrogen and oxygen atoms in total. The normalized spacial score (nSPS) is 11.4. The Morgan fingerprint density at radius 3 is 2.71 bits per heavy atom. The summed E-state index contributed by atoms with van der Waals surface area (Å²) in [6, 6.07) is 5.73. The summed E-state index contributed by atoms with van der Waals surface area (Å²) in [4.78, 5) is 17.3. The summed E-state index contributed by atoms with van der Waals surface area (Å²) in [6.07, 6.45) is 4.79. The van der Waals surface area contributed by atoms with Crippen molar-refractivity contribution in [1.82, 2.24) is 24.3 Å². The van der Waals surface area contributed by atoms with Gasteiger partial charge in [-0.15, -0.1) is 0 Å². The molecule has 0 aliphatic carbocycles. The number of aliphatic hydroxyl groups excluding tert-OH is 1. The van der Waals surface area contributed by atoms with E-state index in [-0.39, 0.29) is 30.0 Å². The topological polar surface area (TPSA) is 98.5 Å². The number of rotatable bonds is 6. The van der Waals surface area contributed by atoms with E-state index >= 15 is 0 Å². The summed E-state index contributed by atoms with van der Waals surface area (Å²) < 4.78 is 21.3. The molecule has 0 radical (unpaired) electrons. The molecule has 0 atom stereocenters. The summed E-state index contributed by atoms with van der Waals surface area (Å²) in [5, 5.41) is 18.2. The van der Waals surface area contributed by atoms with Crippen LogP contribution in [0, 0.1) is 5.82 Å². The zero-order valence-corrected chi connectivity index (χ0v) is 15.2. The molecular formula is C19H18FN5O3. The van der Waals surface area contributed by atoms with Gasteiger partial charge in [-0.2, -0.15) is 10.1 Å². The van der Waals surface area contributed by atoms with E-state index in [1.165, 1.54) is 21.2 Å². The number of aryl methyl sites for hydroxylation is 1. The minimum Gasteiger partial charge on any atom is -0.392 e. The molecule has 0 fully saturated rings. The molecule has 0 unspecified atom stereocenters. The molecule has 0 bridgehead atoms. The molecule has 3 heterocycles. The largest absolute Gasteiger partial charge is 0.392 e. The first-order valence-electron chi connectivity index (χ1n) is 8.89. The molecule has 0 aliphatic rings.